The third-order valence-electron chi connectivity index (χ3n) is 2.23. The standard InChI is InChI=1S/C8H10N2O3/c11-8(12)7-5(4-10-13-7)6-2-1-3-9-6/h4,6,9H,1-3H2,(H,11,12). The second-order valence-corrected chi connectivity index (χ2v) is 3.06. The molecule has 0 spiro atoms. The average Bonchev–Trinajstić information content (AvgIpc) is 2.74. The number of hydrogen-bond donors (Lipinski definition) is 2. The van der Waals surface area contributed by atoms with Crippen LogP contribution in [0.1, 0.15) is 35.0 Å². The molecule has 5 nitrogen and oxygen atoms in total. The van der Waals surface area contributed by atoms with Gasteiger partial charge in [0.05, 0.1) is 6.20 Å². The Morgan fingerprint density at radius 1 is 1.77 bits per heavy atom. The summed E-state index contributed by atoms with van der Waals surface area (Å²) in [5.41, 5.74) is 0.657. The monoisotopic (exact) mass is 182 g/mol. The molecule has 2 heterocycles. The lowest BCUT2D eigenvalue weighted by Crippen LogP contribution is -2.14. The van der Waals surface area contributed by atoms with Crippen LogP contribution in [0.15, 0.2) is 10.7 Å². The third-order valence-corrected chi connectivity index (χ3v) is 2.23. The first-order valence-electron chi connectivity index (χ1n) is 4.20. The molecule has 2 N–H and O–H groups in total. The Morgan fingerprint density at radius 3 is 3.23 bits per heavy atom. The quantitative estimate of drug-likeness (QED) is 0.707. The highest BCUT2D eigenvalue weighted by Crippen LogP contribution is 2.25. The Hall–Kier alpha value is -1.36. The van der Waals surface area contributed by atoms with Crippen molar-refractivity contribution in [2.75, 3.05) is 6.54 Å². The van der Waals surface area contributed by atoms with Gasteiger partial charge in [-0.05, 0) is 19.4 Å². The zero-order valence-corrected chi connectivity index (χ0v) is 6.99. The zero-order valence-electron chi connectivity index (χ0n) is 6.99. The lowest BCUT2D eigenvalue weighted by Gasteiger charge is -2.06. The maximum absolute atomic E-state index is 10.7. The van der Waals surface area contributed by atoms with Crippen LogP contribution in [0.5, 0.6) is 0 Å². The molecule has 0 saturated carbocycles. The number of nitrogens with one attached hydrogen (secondary N) is 1. The first kappa shape index (κ1) is 8.25. The van der Waals surface area contributed by atoms with Crippen LogP contribution in [-0.2, 0) is 0 Å². The summed E-state index contributed by atoms with van der Waals surface area (Å²) in [4.78, 5) is 10.7. The van der Waals surface area contributed by atoms with Gasteiger partial charge in [0.15, 0.2) is 0 Å². The molecule has 2 rings (SSSR count). The van der Waals surface area contributed by atoms with Crippen LogP contribution in [0.25, 0.3) is 0 Å². The van der Waals surface area contributed by atoms with Gasteiger partial charge in [-0.15, -0.1) is 0 Å². The molecule has 1 aromatic heterocycles. The minimum atomic E-state index is -1.05. The van der Waals surface area contributed by atoms with Gasteiger partial charge >= 0.3 is 5.97 Å². The van der Waals surface area contributed by atoms with E-state index in [1.54, 1.807) is 0 Å². The van der Waals surface area contributed by atoms with E-state index in [1.165, 1.54) is 6.20 Å². The van der Waals surface area contributed by atoms with Gasteiger partial charge in [-0.25, -0.2) is 4.79 Å². The molecular formula is C8H10N2O3. The van der Waals surface area contributed by atoms with E-state index in [0.29, 0.717) is 5.56 Å². The summed E-state index contributed by atoms with van der Waals surface area (Å²) in [7, 11) is 0. The fourth-order valence-corrected chi connectivity index (χ4v) is 1.61. The fraction of sp³-hybridized carbons (Fsp3) is 0.500. The van der Waals surface area contributed by atoms with Gasteiger partial charge in [-0.3, -0.25) is 0 Å². The summed E-state index contributed by atoms with van der Waals surface area (Å²) in [5.74, 6) is -1.10. The lowest BCUT2D eigenvalue weighted by atomic mass is 10.1. The van der Waals surface area contributed by atoms with Gasteiger partial charge < -0.3 is 14.9 Å². The molecule has 1 atom stereocenters. The molecule has 1 unspecified atom stereocenters. The molecule has 0 radical (unpaired) electrons. The summed E-state index contributed by atoms with van der Waals surface area (Å²) in [6.45, 7) is 0.926. The Balaban J connectivity index is 2.28. The van der Waals surface area contributed by atoms with Crippen molar-refractivity contribution < 1.29 is 14.4 Å². The van der Waals surface area contributed by atoms with Crippen LogP contribution in [0.2, 0.25) is 0 Å². The zero-order chi connectivity index (χ0) is 9.26. The molecular weight excluding hydrogens is 172 g/mol. The summed E-state index contributed by atoms with van der Waals surface area (Å²) < 4.78 is 4.65. The molecule has 0 aliphatic carbocycles. The van der Waals surface area contributed by atoms with Crippen molar-refractivity contribution in [2.45, 2.75) is 18.9 Å². The molecule has 1 aliphatic rings. The van der Waals surface area contributed by atoms with Crippen LogP contribution in [0.3, 0.4) is 0 Å². The summed E-state index contributed by atoms with van der Waals surface area (Å²) in [5, 5.41) is 15.4. The molecule has 1 fully saturated rings. The van der Waals surface area contributed by atoms with Gasteiger partial charge in [0.1, 0.15) is 0 Å². The van der Waals surface area contributed by atoms with Crippen molar-refractivity contribution in [3.05, 3.63) is 17.5 Å². The number of nitrogens with zero attached hydrogens (tertiary/aromatic N) is 1. The van der Waals surface area contributed by atoms with E-state index in [1.807, 2.05) is 0 Å². The van der Waals surface area contributed by atoms with E-state index in [-0.39, 0.29) is 11.8 Å². The van der Waals surface area contributed by atoms with Crippen molar-refractivity contribution in [3.8, 4) is 0 Å². The first-order valence-corrected chi connectivity index (χ1v) is 4.20. The third kappa shape index (κ3) is 1.42. The molecule has 13 heavy (non-hydrogen) atoms. The SMILES string of the molecule is O=C(O)c1oncc1C1CCCN1. The Morgan fingerprint density at radius 2 is 2.62 bits per heavy atom. The Bertz CT molecular complexity index is 315. The molecule has 0 bridgehead atoms. The van der Waals surface area contributed by atoms with Gasteiger partial charge in [0, 0.05) is 11.6 Å². The first-order chi connectivity index (χ1) is 6.29. The van der Waals surface area contributed by atoms with Crippen LogP contribution in [-0.4, -0.2) is 22.8 Å². The Kier molecular flexibility index (Phi) is 2.02. The second-order valence-electron chi connectivity index (χ2n) is 3.06. The Labute approximate surface area is 74.7 Å². The number of carboxylic acid groups (broad SMARTS) is 1. The maximum Gasteiger partial charge on any atom is 0.375 e. The van der Waals surface area contributed by atoms with Crippen LogP contribution in [0.4, 0.5) is 0 Å². The number of aromatic carboxylic acids is 1. The molecule has 70 valence electrons. The molecule has 1 aliphatic heterocycles. The van der Waals surface area contributed by atoms with Gasteiger partial charge in [-0.1, -0.05) is 5.16 Å². The van der Waals surface area contributed by atoms with E-state index in [0.717, 1.165) is 19.4 Å². The van der Waals surface area contributed by atoms with Gasteiger partial charge in [0.25, 0.3) is 0 Å². The van der Waals surface area contributed by atoms with E-state index in [2.05, 4.69) is 15.0 Å². The van der Waals surface area contributed by atoms with Crippen molar-refractivity contribution in [1.29, 1.82) is 0 Å². The van der Waals surface area contributed by atoms with E-state index in [9.17, 15) is 4.79 Å². The fourth-order valence-electron chi connectivity index (χ4n) is 1.61. The largest absolute Gasteiger partial charge is 0.475 e. The molecule has 1 aromatic rings. The topological polar surface area (TPSA) is 75.4 Å². The minimum absolute atomic E-state index is 0.0422. The molecule has 1 saturated heterocycles. The number of hydrogen-bond acceptors (Lipinski definition) is 4. The highest BCUT2D eigenvalue weighted by atomic mass is 16.5. The average molecular weight is 182 g/mol. The smallest absolute Gasteiger partial charge is 0.375 e. The summed E-state index contributed by atoms with van der Waals surface area (Å²) in [6, 6.07) is 0.0948. The number of carboxylic acids is 1. The molecule has 0 aromatic carbocycles. The second kappa shape index (κ2) is 3.18. The van der Waals surface area contributed by atoms with Crippen LogP contribution < -0.4 is 5.32 Å². The highest BCUT2D eigenvalue weighted by Gasteiger charge is 2.25. The van der Waals surface area contributed by atoms with Gasteiger partial charge in [0.2, 0.25) is 5.76 Å². The van der Waals surface area contributed by atoms with Crippen LogP contribution >= 0.6 is 0 Å². The van der Waals surface area contributed by atoms with E-state index in [4.69, 9.17) is 5.11 Å². The van der Waals surface area contributed by atoms with E-state index < -0.39 is 5.97 Å². The van der Waals surface area contributed by atoms with E-state index >= 15 is 0 Å². The van der Waals surface area contributed by atoms with Crippen molar-refractivity contribution in [1.82, 2.24) is 10.5 Å². The lowest BCUT2D eigenvalue weighted by molar-refractivity contribution is 0.0649. The molecule has 5 heteroatoms. The summed E-state index contributed by atoms with van der Waals surface area (Å²) in [6.07, 6.45) is 3.49. The predicted octanol–water partition coefficient (Wildman–Crippen LogP) is 0.797. The number of aromatic nitrogens is 1. The maximum atomic E-state index is 10.7. The van der Waals surface area contributed by atoms with Crippen molar-refractivity contribution >= 4 is 5.97 Å². The van der Waals surface area contributed by atoms with Gasteiger partial charge in [-0.2, -0.15) is 0 Å². The normalized spacial score (nSPS) is 22.0. The summed E-state index contributed by atoms with van der Waals surface area (Å²) >= 11 is 0. The van der Waals surface area contributed by atoms with Crippen molar-refractivity contribution in [3.63, 3.8) is 0 Å². The minimum Gasteiger partial charge on any atom is -0.475 e. The predicted molar refractivity (Wildman–Crippen MR) is 43.4 cm³/mol. The molecule has 0 amide bonds. The van der Waals surface area contributed by atoms with Crippen molar-refractivity contribution in [2.24, 2.45) is 0 Å². The highest BCUT2D eigenvalue weighted by molar-refractivity contribution is 5.86. The number of carbonyl (C=O) groups is 1. The van der Waals surface area contributed by atoms with Crippen LogP contribution in [0, 0.1) is 0 Å². The number of rotatable bonds is 2.